The van der Waals surface area contributed by atoms with Crippen LogP contribution in [-0.2, 0) is 19.6 Å². The first-order valence-corrected chi connectivity index (χ1v) is 10.4. The molecule has 2 aliphatic rings. The maximum Gasteiger partial charge on any atom is 0.308 e. The molecule has 1 heterocycles. The molecule has 1 saturated carbocycles. The standard InChI is InChI=1S/C16H28N2O5S/c1-11-3-7-14(8-4-11)17-24(22,23)10-15(19)18-9-13(16(20)21)6-5-12(18)2/h11-14,17H,3-10H2,1-2H3,(H,20,21). The number of likely N-dealkylation sites (tertiary alicyclic amines) is 1. The summed E-state index contributed by atoms with van der Waals surface area (Å²) in [5, 5.41) is 9.13. The zero-order chi connectivity index (χ0) is 17.9. The van der Waals surface area contributed by atoms with Gasteiger partial charge in [0.1, 0.15) is 5.75 Å². The third kappa shape index (κ3) is 5.17. The summed E-state index contributed by atoms with van der Waals surface area (Å²) in [6.45, 7) is 4.08. The van der Waals surface area contributed by atoms with Gasteiger partial charge >= 0.3 is 5.97 Å². The number of nitrogens with one attached hydrogen (secondary N) is 1. The van der Waals surface area contributed by atoms with Crippen molar-refractivity contribution in [2.75, 3.05) is 12.3 Å². The van der Waals surface area contributed by atoms with Crippen molar-refractivity contribution in [2.45, 2.75) is 64.5 Å². The van der Waals surface area contributed by atoms with E-state index in [-0.39, 0.29) is 18.6 Å². The van der Waals surface area contributed by atoms with Crippen molar-refractivity contribution in [3.05, 3.63) is 0 Å². The molecule has 8 heteroatoms. The zero-order valence-electron chi connectivity index (χ0n) is 14.4. The Morgan fingerprint density at radius 3 is 2.29 bits per heavy atom. The van der Waals surface area contributed by atoms with Gasteiger partial charge in [-0.25, -0.2) is 13.1 Å². The molecule has 0 spiro atoms. The van der Waals surface area contributed by atoms with Gasteiger partial charge in [-0.2, -0.15) is 0 Å². The maximum absolute atomic E-state index is 12.4. The molecule has 1 aliphatic heterocycles. The largest absolute Gasteiger partial charge is 0.481 e. The van der Waals surface area contributed by atoms with Gasteiger partial charge in [0.25, 0.3) is 0 Å². The fourth-order valence-corrected chi connectivity index (χ4v) is 4.89. The van der Waals surface area contributed by atoms with Crippen molar-refractivity contribution in [3.63, 3.8) is 0 Å². The molecule has 2 N–H and O–H groups in total. The molecule has 1 aliphatic carbocycles. The average molecular weight is 360 g/mol. The molecule has 0 bridgehead atoms. The van der Waals surface area contributed by atoms with E-state index in [1.807, 2.05) is 6.92 Å². The molecule has 2 unspecified atom stereocenters. The fourth-order valence-electron chi connectivity index (χ4n) is 3.58. The Kier molecular flexibility index (Phi) is 6.25. The van der Waals surface area contributed by atoms with E-state index in [0.717, 1.165) is 25.7 Å². The molecule has 24 heavy (non-hydrogen) atoms. The monoisotopic (exact) mass is 360 g/mol. The lowest BCUT2D eigenvalue weighted by molar-refractivity contribution is -0.146. The van der Waals surface area contributed by atoms with E-state index in [2.05, 4.69) is 11.6 Å². The number of amides is 1. The van der Waals surface area contributed by atoms with Crippen LogP contribution in [0.25, 0.3) is 0 Å². The molecule has 0 aromatic rings. The molecule has 2 fully saturated rings. The van der Waals surface area contributed by atoms with Gasteiger partial charge in [0.2, 0.25) is 15.9 Å². The Hall–Kier alpha value is -1.15. The highest BCUT2D eigenvalue weighted by Crippen LogP contribution is 2.25. The van der Waals surface area contributed by atoms with Crippen molar-refractivity contribution >= 4 is 21.9 Å². The van der Waals surface area contributed by atoms with E-state index in [4.69, 9.17) is 5.11 Å². The van der Waals surface area contributed by atoms with Gasteiger partial charge in [0.15, 0.2) is 0 Å². The van der Waals surface area contributed by atoms with Crippen LogP contribution in [0.1, 0.15) is 52.4 Å². The number of carboxylic acid groups (broad SMARTS) is 1. The summed E-state index contributed by atoms with van der Waals surface area (Å²) in [5.41, 5.74) is 0. The van der Waals surface area contributed by atoms with Crippen molar-refractivity contribution in [3.8, 4) is 0 Å². The van der Waals surface area contributed by atoms with E-state index >= 15 is 0 Å². The molecule has 0 aromatic carbocycles. The summed E-state index contributed by atoms with van der Waals surface area (Å²) in [6, 6.07) is -0.219. The van der Waals surface area contributed by atoms with E-state index in [0.29, 0.717) is 18.8 Å². The lowest BCUT2D eigenvalue weighted by atomic mass is 9.88. The topological polar surface area (TPSA) is 104 Å². The Labute approximate surface area is 143 Å². The second-order valence-electron chi connectivity index (χ2n) is 7.34. The number of hydrogen-bond acceptors (Lipinski definition) is 4. The number of carbonyl (C=O) groups is 2. The normalized spacial score (nSPS) is 31.7. The number of hydrogen-bond donors (Lipinski definition) is 2. The van der Waals surface area contributed by atoms with Gasteiger partial charge in [-0.1, -0.05) is 6.92 Å². The first-order chi connectivity index (χ1) is 11.2. The Morgan fingerprint density at radius 2 is 1.71 bits per heavy atom. The quantitative estimate of drug-likeness (QED) is 0.766. The van der Waals surface area contributed by atoms with Crippen LogP contribution in [-0.4, -0.2) is 54.7 Å². The molecule has 1 amide bonds. The van der Waals surface area contributed by atoms with E-state index in [1.54, 1.807) is 0 Å². The summed E-state index contributed by atoms with van der Waals surface area (Å²) >= 11 is 0. The second kappa shape index (κ2) is 7.82. The van der Waals surface area contributed by atoms with Crippen LogP contribution in [0, 0.1) is 11.8 Å². The van der Waals surface area contributed by atoms with Crippen LogP contribution >= 0.6 is 0 Å². The number of carbonyl (C=O) groups excluding carboxylic acids is 1. The maximum atomic E-state index is 12.4. The molecular weight excluding hydrogens is 332 g/mol. The zero-order valence-corrected chi connectivity index (χ0v) is 15.2. The minimum Gasteiger partial charge on any atom is -0.481 e. The number of nitrogens with zero attached hydrogens (tertiary/aromatic N) is 1. The minimum absolute atomic E-state index is 0.0891. The summed E-state index contributed by atoms with van der Waals surface area (Å²) < 4.78 is 27.2. The third-order valence-electron chi connectivity index (χ3n) is 5.23. The first kappa shape index (κ1) is 19.2. The fraction of sp³-hybridized carbons (Fsp3) is 0.875. The number of aliphatic carboxylic acids is 1. The molecule has 2 rings (SSSR count). The average Bonchev–Trinajstić information content (AvgIpc) is 2.49. The Bertz CT molecular complexity index is 569. The van der Waals surface area contributed by atoms with Gasteiger partial charge in [-0.15, -0.1) is 0 Å². The molecule has 7 nitrogen and oxygen atoms in total. The van der Waals surface area contributed by atoms with E-state index in [9.17, 15) is 18.0 Å². The summed E-state index contributed by atoms with van der Waals surface area (Å²) in [7, 11) is -3.70. The third-order valence-corrected chi connectivity index (χ3v) is 6.55. The first-order valence-electron chi connectivity index (χ1n) is 8.70. The molecule has 0 aromatic heterocycles. The van der Waals surface area contributed by atoms with Crippen LogP contribution < -0.4 is 4.72 Å². The van der Waals surface area contributed by atoms with Gasteiger partial charge < -0.3 is 10.0 Å². The van der Waals surface area contributed by atoms with Crippen LogP contribution in [0.3, 0.4) is 0 Å². The van der Waals surface area contributed by atoms with Gasteiger partial charge in [0.05, 0.1) is 5.92 Å². The van der Waals surface area contributed by atoms with Crippen LogP contribution in [0.15, 0.2) is 0 Å². The highest BCUT2D eigenvalue weighted by Gasteiger charge is 2.34. The summed E-state index contributed by atoms with van der Waals surface area (Å²) in [4.78, 5) is 24.9. The van der Waals surface area contributed by atoms with Gasteiger partial charge in [0, 0.05) is 18.6 Å². The lowest BCUT2D eigenvalue weighted by Crippen LogP contribution is -2.50. The van der Waals surface area contributed by atoms with Crippen molar-refractivity contribution in [1.29, 1.82) is 0 Å². The second-order valence-corrected chi connectivity index (χ2v) is 9.10. The Morgan fingerprint density at radius 1 is 1.08 bits per heavy atom. The van der Waals surface area contributed by atoms with Crippen molar-refractivity contribution in [1.82, 2.24) is 9.62 Å². The molecular formula is C16H28N2O5S. The van der Waals surface area contributed by atoms with Crippen LogP contribution in [0.4, 0.5) is 0 Å². The van der Waals surface area contributed by atoms with Crippen LogP contribution in [0.5, 0.6) is 0 Å². The predicted octanol–water partition coefficient (Wildman–Crippen LogP) is 1.20. The molecule has 138 valence electrons. The van der Waals surface area contributed by atoms with E-state index < -0.39 is 33.6 Å². The minimum atomic E-state index is -3.70. The SMILES string of the molecule is CC1CCC(NS(=O)(=O)CC(=O)N2CC(C(=O)O)CCC2C)CC1. The van der Waals surface area contributed by atoms with Crippen molar-refractivity contribution < 1.29 is 23.1 Å². The predicted molar refractivity (Wildman–Crippen MR) is 89.9 cm³/mol. The summed E-state index contributed by atoms with van der Waals surface area (Å²) in [6.07, 6.45) is 4.68. The highest BCUT2D eigenvalue weighted by atomic mass is 32.2. The van der Waals surface area contributed by atoms with Crippen molar-refractivity contribution in [2.24, 2.45) is 11.8 Å². The number of rotatable bonds is 5. The van der Waals surface area contributed by atoms with Crippen LogP contribution in [0.2, 0.25) is 0 Å². The number of sulfonamides is 1. The van der Waals surface area contributed by atoms with Gasteiger partial charge in [-0.3, -0.25) is 9.59 Å². The number of carboxylic acids is 1. The molecule has 1 saturated heterocycles. The molecule has 0 radical (unpaired) electrons. The lowest BCUT2D eigenvalue weighted by Gasteiger charge is -2.36. The molecule has 2 atom stereocenters. The smallest absolute Gasteiger partial charge is 0.308 e. The summed E-state index contributed by atoms with van der Waals surface area (Å²) in [5.74, 6) is -2.03. The Balaban J connectivity index is 1.92. The van der Waals surface area contributed by atoms with E-state index in [1.165, 1.54) is 4.90 Å². The number of piperidine rings is 1. The van der Waals surface area contributed by atoms with Gasteiger partial charge in [-0.05, 0) is 51.4 Å². The highest BCUT2D eigenvalue weighted by molar-refractivity contribution is 7.90.